The fourth-order valence-electron chi connectivity index (χ4n) is 0.861. The molecule has 5 heteroatoms. The Morgan fingerprint density at radius 3 is 1.56 bits per heavy atom. The van der Waals surface area contributed by atoms with Crippen LogP contribution in [0.25, 0.3) is 0 Å². The Balaban J connectivity index is 0. The van der Waals surface area contributed by atoms with Gasteiger partial charge in [-0.2, -0.15) is 18.2 Å². The van der Waals surface area contributed by atoms with Crippen LogP contribution in [0.5, 0.6) is 0 Å². The molecule has 0 saturated carbocycles. The van der Waals surface area contributed by atoms with Crippen LogP contribution in [0.2, 0.25) is 0 Å². The van der Waals surface area contributed by atoms with Crippen molar-refractivity contribution in [2.45, 2.75) is 13.8 Å². The van der Waals surface area contributed by atoms with Crippen molar-refractivity contribution in [1.29, 1.82) is 0 Å². The van der Waals surface area contributed by atoms with E-state index in [0.29, 0.717) is 0 Å². The molecule has 1 rings (SSSR count). The van der Waals surface area contributed by atoms with Gasteiger partial charge < -0.3 is 11.8 Å². The van der Waals surface area contributed by atoms with Crippen molar-refractivity contribution in [3.63, 3.8) is 0 Å². The predicted octanol–water partition coefficient (Wildman–Crippen LogP) is 4.63. The van der Waals surface area contributed by atoms with E-state index in [-0.39, 0.29) is 0 Å². The van der Waals surface area contributed by atoms with E-state index in [2.05, 4.69) is 25.7 Å². The van der Waals surface area contributed by atoms with Crippen LogP contribution in [0.15, 0.2) is 30.3 Å². The Kier molecular flexibility index (Phi) is 19.1. The van der Waals surface area contributed by atoms with Gasteiger partial charge in [-0.1, -0.05) is 13.8 Å². The number of hydrogen-bond acceptors (Lipinski definition) is 1. The number of nitrogens with zero attached hydrogens (tertiary/aromatic N) is 1. The molecule has 0 heterocycles. The van der Waals surface area contributed by atoms with Crippen molar-refractivity contribution in [2.75, 3.05) is 19.6 Å². The van der Waals surface area contributed by atoms with Crippen molar-refractivity contribution < 1.29 is 14.7 Å². The normalized spacial score (nSPS) is 8.69. The molecule has 0 spiro atoms. The van der Waals surface area contributed by atoms with Gasteiger partial charge >= 0.3 is 42.6 Å². The standard InChI is InChI=1S/C6H14N.C5H5.3ClH.Ti/c1-4-7(5-2)6-3;1-2-4-5-3-1;;;;/h1,4-6H2,2-3H3;1-5H;3*1H;/q2*-1;;;;+3/p-3. The van der Waals surface area contributed by atoms with Gasteiger partial charge in [-0.15, -0.1) is 6.54 Å². The van der Waals surface area contributed by atoms with E-state index in [4.69, 9.17) is 27.9 Å². The summed E-state index contributed by atoms with van der Waals surface area (Å²) in [6.07, 6.45) is 0. The van der Waals surface area contributed by atoms with E-state index in [1.54, 1.807) is 0 Å². The van der Waals surface area contributed by atoms with E-state index in [1.165, 1.54) is 0 Å². The molecule has 0 amide bonds. The average Bonchev–Trinajstić information content (AvgIpc) is 2.77. The van der Waals surface area contributed by atoms with Gasteiger partial charge in [0, 0.05) is 0 Å². The van der Waals surface area contributed by atoms with E-state index < -0.39 is 14.7 Å². The van der Waals surface area contributed by atoms with Crippen molar-refractivity contribution in [2.24, 2.45) is 0 Å². The molecule has 0 radical (unpaired) electrons. The summed E-state index contributed by atoms with van der Waals surface area (Å²) in [6, 6.07) is 10.0. The number of rotatable bonds is 3. The molecule has 0 aliphatic rings. The molecule has 1 nitrogen and oxygen atoms in total. The quantitative estimate of drug-likeness (QED) is 0.580. The largest absolute Gasteiger partial charge is 0.214 e. The van der Waals surface area contributed by atoms with Gasteiger partial charge in [0.1, 0.15) is 0 Å². The third-order valence-electron chi connectivity index (χ3n) is 1.77. The Morgan fingerprint density at radius 2 is 1.50 bits per heavy atom. The summed E-state index contributed by atoms with van der Waals surface area (Å²) in [5.41, 5.74) is 0. The molecule has 0 atom stereocenters. The van der Waals surface area contributed by atoms with Crippen LogP contribution in [0.4, 0.5) is 0 Å². The van der Waals surface area contributed by atoms with Crippen LogP contribution in [-0.2, 0) is 14.7 Å². The first-order valence-electron chi connectivity index (χ1n) is 5.10. The molecule has 0 N–H and O–H groups in total. The van der Waals surface area contributed by atoms with Crippen molar-refractivity contribution in [3.05, 3.63) is 37.3 Å². The van der Waals surface area contributed by atoms with E-state index in [9.17, 15) is 0 Å². The summed E-state index contributed by atoms with van der Waals surface area (Å²) in [6.45, 7) is 11.2. The van der Waals surface area contributed by atoms with Gasteiger partial charge in [0.05, 0.1) is 0 Å². The molecule has 0 aliphatic heterocycles. The molecule has 0 unspecified atom stereocenters. The topological polar surface area (TPSA) is 3.24 Å². The third-order valence-corrected chi connectivity index (χ3v) is 1.77. The fourth-order valence-corrected chi connectivity index (χ4v) is 0.861. The van der Waals surface area contributed by atoms with Gasteiger partial charge in [-0.05, 0) is 13.1 Å². The van der Waals surface area contributed by atoms with E-state index in [1.807, 2.05) is 30.3 Å². The second-order valence-electron chi connectivity index (χ2n) is 2.70. The van der Waals surface area contributed by atoms with E-state index >= 15 is 0 Å². The van der Waals surface area contributed by atoms with Crippen LogP contribution in [0.1, 0.15) is 13.8 Å². The first-order valence-corrected chi connectivity index (χ1v) is 11.5. The predicted molar refractivity (Wildman–Crippen MR) is 72.7 cm³/mol. The van der Waals surface area contributed by atoms with Gasteiger partial charge in [-0.3, -0.25) is 0 Å². The van der Waals surface area contributed by atoms with Gasteiger partial charge in [0.2, 0.25) is 0 Å². The number of halogens is 3. The first-order chi connectivity index (χ1) is 7.58. The molecule has 1 aromatic carbocycles. The second-order valence-corrected chi connectivity index (χ2v) is 10.4. The fraction of sp³-hybridized carbons (Fsp3) is 0.455. The third kappa shape index (κ3) is 20.3. The molecular weight excluding hydrogens is 300 g/mol. The second kappa shape index (κ2) is 15.9. The molecule has 0 aliphatic carbocycles. The zero-order chi connectivity index (χ0) is 12.8. The maximum atomic E-state index is 4.97. The maximum Gasteiger partial charge on any atom is -0.172 e. The molecule has 0 bridgehead atoms. The molecule has 0 aromatic heterocycles. The number of hydrogen-bond donors (Lipinski definition) is 0. The summed E-state index contributed by atoms with van der Waals surface area (Å²) >= 11 is -1.92. The van der Waals surface area contributed by atoms with Gasteiger partial charge in [0.15, 0.2) is 0 Å². The molecular formula is C11H19Cl3NTi-2. The molecule has 16 heavy (non-hydrogen) atoms. The average molecular weight is 320 g/mol. The van der Waals surface area contributed by atoms with Crippen LogP contribution in [0, 0.1) is 6.92 Å². The Bertz CT molecular complexity index is 164. The summed E-state index contributed by atoms with van der Waals surface area (Å²) < 4.78 is 0. The molecule has 0 fully saturated rings. The van der Waals surface area contributed by atoms with Crippen LogP contribution >= 0.6 is 27.9 Å². The van der Waals surface area contributed by atoms with Crippen molar-refractivity contribution in [3.8, 4) is 0 Å². The minimum atomic E-state index is -1.92. The van der Waals surface area contributed by atoms with Crippen LogP contribution < -0.4 is 0 Å². The Labute approximate surface area is 118 Å². The van der Waals surface area contributed by atoms with Crippen LogP contribution in [0.3, 0.4) is 0 Å². The smallest absolute Gasteiger partial charge is 0.172 e. The minimum absolute atomic E-state index is 0.938. The Hall–Kier alpha value is 0.894. The van der Waals surface area contributed by atoms with E-state index in [0.717, 1.165) is 19.6 Å². The maximum absolute atomic E-state index is 4.97. The van der Waals surface area contributed by atoms with Crippen molar-refractivity contribution in [1.82, 2.24) is 4.90 Å². The van der Waals surface area contributed by atoms with Gasteiger partial charge in [0.25, 0.3) is 0 Å². The van der Waals surface area contributed by atoms with Crippen LogP contribution in [-0.4, -0.2) is 24.5 Å². The van der Waals surface area contributed by atoms with Crippen molar-refractivity contribution >= 4 is 27.9 Å². The zero-order valence-electron chi connectivity index (χ0n) is 9.80. The minimum Gasteiger partial charge on any atom is -0.214 e. The van der Waals surface area contributed by atoms with Gasteiger partial charge in [-0.25, -0.2) is 12.1 Å². The molecule has 1 aromatic rings. The SMILES string of the molecule is [CH2-]CN(CC)CC.[Cl][Ti]([Cl])[Cl].c1cc[cH-]c1. The molecule has 0 saturated heterocycles. The summed E-state index contributed by atoms with van der Waals surface area (Å²) in [4.78, 5) is 2.26. The Morgan fingerprint density at radius 1 is 1.12 bits per heavy atom. The monoisotopic (exact) mass is 318 g/mol. The summed E-state index contributed by atoms with van der Waals surface area (Å²) in [5, 5.41) is 0. The summed E-state index contributed by atoms with van der Waals surface area (Å²) in [7, 11) is 14.9. The first kappa shape index (κ1) is 19.2. The molecule has 95 valence electrons. The zero-order valence-corrected chi connectivity index (χ0v) is 13.6. The summed E-state index contributed by atoms with van der Waals surface area (Å²) in [5.74, 6) is 0.